The van der Waals surface area contributed by atoms with Gasteiger partial charge < -0.3 is 21.3 Å². The predicted octanol–water partition coefficient (Wildman–Crippen LogP) is -0.000900. The summed E-state index contributed by atoms with van der Waals surface area (Å²) < 4.78 is 0. The summed E-state index contributed by atoms with van der Waals surface area (Å²) >= 11 is 0. The normalized spacial score (nSPS) is 12.1. The van der Waals surface area contributed by atoms with Crippen LogP contribution in [0.25, 0.3) is 0 Å². The quantitative estimate of drug-likeness (QED) is 0.484. The Balaban J connectivity index is 0. The van der Waals surface area contributed by atoms with E-state index in [1.165, 1.54) is 32.2 Å². The fraction of sp³-hybridized carbons (Fsp3) is 0.857. The Morgan fingerprint density at radius 3 is 2.50 bits per heavy atom. The highest BCUT2D eigenvalue weighted by Gasteiger charge is 2.00. The highest BCUT2D eigenvalue weighted by atomic mass is 15.1. The van der Waals surface area contributed by atoms with Gasteiger partial charge in [-0.2, -0.15) is 0 Å². The van der Waals surface area contributed by atoms with Crippen molar-refractivity contribution in [1.29, 1.82) is 0 Å². The largest absolute Gasteiger partial charge is 0.374 e. The molecule has 0 aromatic rings. The van der Waals surface area contributed by atoms with Gasteiger partial charge in [0.15, 0.2) is 0 Å². The average molecular weight is 260 g/mol. The lowest BCUT2D eigenvalue weighted by Gasteiger charge is -2.20. The molecule has 110 valence electrons. The summed E-state index contributed by atoms with van der Waals surface area (Å²) in [4.78, 5) is 2.28. The maximum absolute atomic E-state index is 3.25. The van der Waals surface area contributed by atoms with Gasteiger partial charge in [-0.3, -0.25) is 0 Å². The first-order chi connectivity index (χ1) is 8.72. The predicted molar refractivity (Wildman–Crippen MR) is 80.0 cm³/mol. The molecule has 18 heavy (non-hydrogen) atoms. The van der Waals surface area contributed by atoms with Crippen molar-refractivity contribution in [3.8, 4) is 0 Å². The lowest BCUT2D eigenvalue weighted by atomic mass is 10.2. The van der Waals surface area contributed by atoms with E-state index in [-0.39, 0.29) is 0 Å². The van der Waals surface area contributed by atoms with Crippen LogP contribution in [0.3, 0.4) is 0 Å². The second-order valence-corrected chi connectivity index (χ2v) is 4.45. The van der Waals surface area contributed by atoms with Gasteiger partial charge in [0, 0.05) is 13.1 Å². The van der Waals surface area contributed by atoms with Crippen LogP contribution in [-0.4, -0.2) is 45.2 Å². The number of nitrogens with two attached hydrogens (primary N) is 1. The minimum Gasteiger partial charge on any atom is -0.374 e. The van der Waals surface area contributed by atoms with Crippen molar-refractivity contribution >= 4 is 0 Å². The van der Waals surface area contributed by atoms with Gasteiger partial charge >= 0.3 is 0 Å². The molecule has 0 aliphatic heterocycles. The molecule has 0 aromatic carbocycles. The summed E-state index contributed by atoms with van der Waals surface area (Å²) in [6, 6.07) is 0.639. The van der Waals surface area contributed by atoms with Crippen molar-refractivity contribution in [3.63, 3.8) is 0 Å². The second-order valence-electron chi connectivity index (χ2n) is 4.45. The molecule has 1 atom stereocenters. The van der Waals surface area contributed by atoms with Gasteiger partial charge in [0.05, 0.1) is 19.8 Å². The Bertz CT molecular complexity index is 171. The van der Waals surface area contributed by atoms with Gasteiger partial charge in [-0.25, -0.2) is 0 Å². The number of hydrogen-bond acceptors (Lipinski definition) is 2. The fourth-order valence-electron chi connectivity index (χ4n) is 1.47. The van der Waals surface area contributed by atoms with Gasteiger partial charge in [-0.05, 0) is 46.2 Å². The van der Waals surface area contributed by atoms with Crippen LogP contribution in [-0.2, 0) is 0 Å². The molecule has 0 radical (unpaired) electrons. The third-order valence-electron chi connectivity index (χ3n) is 3.04. The fourth-order valence-corrected chi connectivity index (χ4v) is 1.47. The molecular formula is C14H36N4+2. The van der Waals surface area contributed by atoms with E-state index in [0.717, 1.165) is 6.54 Å². The molecule has 0 fully saturated rings. The number of hydrogen-bond donors (Lipinski definition) is 3. The molecule has 4 heteroatoms. The third kappa shape index (κ3) is 13.5. The van der Waals surface area contributed by atoms with Crippen LogP contribution in [0.5, 0.6) is 0 Å². The van der Waals surface area contributed by atoms with Crippen molar-refractivity contribution in [1.82, 2.24) is 10.2 Å². The molecule has 0 aliphatic carbocycles. The van der Waals surface area contributed by atoms with E-state index >= 15 is 0 Å². The highest BCUT2D eigenvalue weighted by Crippen LogP contribution is 1.98. The molecule has 0 aromatic heterocycles. The van der Waals surface area contributed by atoms with E-state index in [2.05, 4.69) is 54.6 Å². The Hall–Kier alpha value is -0.580. The van der Waals surface area contributed by atoms with E-state index in [1.807, 2.05) is 7.05 Å². The molecule has 0 heterocycles. The minimum atomic E-state index is 0.639. The Labute approximate surface area is 114 Å². The van der Waals surface area contributed by atoms with Crippen LogP contribution in [0.2, 0.25) is 0 Å². The zero-order chi connectivity index (χ0) is 14.2. The van der Waals surface area contributed by atoms with Gasteiger partial charge in [-0.15, -0.1) is 0 Å². The molecule has 4 nitrogen and oxygen atoms in total. The first-order valence-corrected chi connectivity index (χ1v) is 7.29. The average Bonchev–Trinajstić information content (AvgIpc) is 2.42. The number of unbranched alkanes of at least 4 members (excludes halogenated alkanes) is 2. The van der Waals surface area contributed by atoms with Crippen molar-refractivity contribution in [2.45, 2.75) is 45.6 Å². The van der Waals surface area contributed by atoms with Gasteiger partial charge in [0.1, 0.15) is 6.20 Å². The first kappa shape index (κ1) is 19.8. The van der Waals surface area contributed by atoms with E-state index in [1.54, 1.807) is 7.05 Å². The monoisotopic (exact) mass is 260 g/mol. The summed E-state index contributed by atoms with van der Waals surface area (Å²) in [5, 5.41) is 5.45. The second kappa shape index (κ2) is 16.4. The zero-order valence-electron chi connectivity index (χ0n) is 13.2. The Kier molecular flexibility index (Phi) is 18.0. The van der Waals surface area contributed by atoms with E-state index < -0.39 is 0 Å². The molecule has 6 N–H and O–H groups in total. The maximum atomic E-state index is 3.25. The minimum absolute atomic E-state index is 0.639. The van der Waals surface area contributed by atoms with Crippen molar-refractivity contribution in [2.24, 2.45) is 0 Å². The summed E-state index contributed by atoms with van der Waals surface area (Å²) in [5.41, 5.74) is 3.25. The van der Waals surface area contributed by atoms with E-state index in [9.17, 15) is 0 Å². The zero-order valence-corrected chi connectivity index (χ0v) is 13.2. The van der Waals surface area contributed by atoms with Gasteiger partial charge in [0.2, 0.25) is 0 Å². The molecule has 0 aliphatic rings. The summed E-state index contributed by atoms with van der Waals surface area (Å²) in [6.07, 6.45) is 9.49. The number of nitrogens with one attached hydrogen (secondary N) is 1. The Morgan fingerprint density at radius 1 is 1.28 bits per heavy atom. The topological polar surface area (TPSA) is 59.5 Å². The molecule has 0 spiro atoms. The molecule has 0 amide bonds. The van der Waals surface area contributed by atoms with Gasteiger partial charge in [-0.1, -0.05) is 6.92 Å². The van der Waals surface area contributed by atoms with Crippen molar-refractivity contribution < 1.29 is 11.1 Å². The number of quaternary nitrogens is 2. The summed E-state index contributed by atoms with van der Waals surface area (Å²) in [6.45, 7) is 6.82. The van der Waals surface area contributed by atoms with Crippen molar-refractivity contribution in [2.75, 3.05) is 34.2 Å². The molecule has 0 saturated heterocycles. The van der Waals surface area contributed by atoms with Crippen LogP contribution >= 0.6 is 0 Å². The molecule has 0 saturated carbocycles. The van der Waals surface area contributed by atoms with E-state index in [4.69, 9.17) is 0 Å². The van der Waals surface area contributed by atoms with Crippen LogP contribution in [0.4, 0.5) is 0 Å². The van der Waals surface area contributed by atoms with Crippen LogP contribution in [0, 0.1) is 0 Å². The standard InChI is InChI=1S/C13H29N3.CH5N/c1-5-13(2)16(4)12-11-15-10-8-6-7-9-14-3;1-2/h11-15H,5-10H2,1-4H3;2H2,1H3/p+2/b12-11-;. The first-order valence-electron chi connectivity index (χ1n) is 7.29. The van der Waals surface area contributed by atoms with Crippen molar-refractivity contribution in [3.05, 3.63) is 12.4 Å². The smallest absolute Gasteiger partial charge is 0.109 e. The summed E-state index contributed by atoms with van der Waals surface area (Å²) in [5.74, 6) is 0. The number of nitrogens with zero attached hydrogens (tertiary/aromatic N) is 1. The molecule has 0 rings (SSSR count). The highest BCUT2D eigenvalue weighted by molar-refractivity contribution is 4.74. The maximum Gasteiger partial charge on any atom is 0.109 e. The lowest BCUT2D eigenvalue weighted by molar-refractivity contribution is -0.588. The van der Waals surface area contributed by atoms with Gasteiger partial charge in [0.25, 0.3) is 0 Å². The van der Waals surface area contributed by atoms with E-state index in [0.29, 0.717) is 6.04 Å². The molecular weight excluding hydrogens is 224 g/mol. The Morgan fingerprint density at radius 2 is 1.94 bits per heavy atom. The summed E-state index contributed by atoms with van der Waals surface area (Å²) in [7, 11) is 5.91. The van der Waals surface area contributed by atoms with Crippen LogP contribution in [0.15, 0.2) is 12.4 Å². The SMILES string of the molecule is CCC(C)N(C)/C=C\[NH2+]CCCCCNC.C[NH3+]. The van der Waals surface area contributed by atoms with Crippen LogP contribution in [0.1, 0.15) is 39.5 Å². The molecule has 0 bridgehead atoms. The molecule has 1 unspecified atom stereocenters. The third-order valence-corrected chi connectivity index (χ3v) is 3.04. The lowest BCUT2D eigenvalue weighted by Crippen LogP contribution is -2.78. The van der Waals surface area contributed by atoms with Crippen LogP contribution < -0.4 is 16.4 Å². The number of rotatable bonds is 10.